The van der Waals surface area contributed by atoms with Crippen LogP contribution >= 0.6 is 0 Å². The number of carbonyl (C=O) groups is 2. The summed E-state index contributed by atoms with van der Waals surface area (Å²) >= 11 is 0. The van der Waals surface area contributed by atoms with Gasteiger partial charge in [0, 0.05) is 25.0 Å². The van der Waals surface area contributed by atoms with Gasteiger partial charge in [0.2, 0.25) is 5.91 Å². The standard InChI is InChI=1S/C12H17N5O2/c1-7(2)17-6-3-8(12(17)19)16-11(18)9-10(13)15-5-4-14-9/h4-5,7-8H,3,6H2,1-2H3,(H2,13,15)(H,16,18)/t8-/m1/s1. The number of likely N-dealkylation sites (tertiary alicyclic amines) is 1. The molecule has 1 aromatic rings. The Morgan fingerprint density at radius 3 is 2.74 bits per heavy atom. The third-order valence-electron chi connectivity index (χ3n) is 3.11. The predicted molar refractivity (Wildman–Crippen MR) is 69.2 cm³/mol. The van der Waals surface area contributed by atoms with E-state index in [-0.39, 0.29) is 23.5 Å². The molecule has 0 bridgehead atoms. The average Bonchev–Trinajstić information content (AvgIpc) is 2.71. The summed E-state index contributed by atoms with van der Waals surface area (Å²) in [5.74, 6) is -0.466. The summed E-state index contributed by atoms with van der Waals surface area (Å²) in [7, 11) is 0. The van der Waals surface area contributed by atoms with E-state index in [1.165, 1.54) is 12.4 Å². The SMILES string of the molecule is CC(C)N1CC[C@@H](NC(=O)c2nccnc2N)C1=O. The van der Waals surface area contributed by atoms with E-state index in [1.807, 2.05) is 13.8 Å². The van der Waals surface area contributed by atoms with Gasteiger partial charge in [0.25, 0.3) is 5.91 Å². The number of aromatic nitrogens is 2. The predicted octanol–water partition coefficient (Wildman–Crippen LogP) is -0.202. The van der Waals surface area contributed by atoms with Gasteiger partial charge in [0.1, 0.15) is 6.04 Å². The van der Waals surface area contributed by atoms with Crippen molar-refractivity contribution in [2.75, 3.05) is 12.3 Å². The number of nitrogens with zero attached hydrogens (tertiary/aromatic N) is 3. The normalized spacial score (nSPS) is 19.0. The van der Waals surface area contributed by atoms with Crippen molar-refractivity contribution < 1.29 is 9.59 Å². The van der Waals surface area contributed by atoms with E-state index in [1.54, 1.807) is 4.90 Å². The molecule has 2 heterocycles. The molecule has 2 rings (SSSR count). The molecular weight excluding hydrogens is 246 g/mol. The lowest BCUT2D eigenvalue weighted by atomic mass is 10.2. The van der Waals surface area contributed by atoms with E-state index >= 15 is 0 Å². The lowest BCUT2D eigenvalue weighted by Crippen LogP contribution is -2.43. The Morgan fingerprint density at radius 1 is 1.47 bits per heavy atom. The lowest BCUT2D eigenvalue weighted by Gasteiger charge is -2.21. The van der Waals surface area contributed by atoms with E-state index in [4.69, 9.17) is 5.73 Å². The molecule has 7 nitrogen and oxygen atoms in total. The van der Waals surface area contributed by atoms with Crippen molar-refractivity contribution in [1.82, 2.24) is 20.2 Å². The molecule has 1 atom stereocenters. The molecular formula is C12H17N5O2. The lowest BCUT2D eigenvalue weighted by molar-refractivity contribution is -0.130. The first-order valence-corrected chi connectivity index (χ1v) is 6.18. The summed E-state index contributed by atoms with van der Waals surface area (Å²) in [4.78, 5) is 33.4. The molecule has 7 heteroatoms. The molecule has 0 unspecified atom stereocenters. The molecule has 0 spiro atoms. The molecule has 1 aliphatic rings. The smallest absolute Gasteiger partial charge is 0.274 e. The molecule has 0 aromatic carbocycles. The van der Waals surface area contributed by atoms with Gasteiger partial charge < -0.3 is 16.0 Å². The highest BCUT2D eigenvalue weighted by atomic mass is 16.2. The van der Waals surface area contributed by atoms with Crippen molar-refractivity contribution in [3.05, 3.63) is 18.1 Å². The minimum atomic E-state index is -0.503. The second-order valence-corrected chi connectivity index (χ2v) is 4.73. The number of hydrogen-bond donors (Lipinski definition) is 2. The summed E-state index contributed by atoms with van der Waals surface area (Å²) in [5, 5.41) is 2.66. The van der Waals surface area contributed by atoms with Crippen LogP contribution in [0.25, 0.3) is 0 Å². The van der Waals surface area contributed by atoms with E-state index < -0.39 is 11.9 Å². The van der Waals surface area contributed by atoms with Gasteiger partial charge in [0.15, 0.2) is 11.5 Å². The zero-order valence-electron chi connectivity index (χ0n) is 11.0. The molecule has 1 saturated heterocycles. The summed E-state index contributed by atoms with van der Waals surface area (Å²) in [5.41, 5.74) is 5.63. The maximum Gasteiger partial charge on any atom is 0.274 e. The van der Waals surface area contributed by atoms with E-state index in [0.29, 0.717) is 13.0 Å². The highest BCUT2D eigenvalue weighted by molar-refractivity contribution is 5.99. The summed E-state index contributed by atoms with van der Waals surface area (Å²) in [6, 6.07) is -0.368. The average molecular weight is 263 g/mol. The molecule has 102 valence electrons. The van der Waals surface area contributed by atoms with Gasteiger partial charge in [-0.25, -0.2) is 9.97 Å². The molecule has 0 saturated carbocycles. The summed E-state index contributed by atoms with van der Waals surface area (Å²) in [6.45, 7) is 4.54. The number of nitrogens with one attached hydrogen (secondary N) is 1. The van der Waals surface area contributed by atoms with Crippen LogP contribution < -0.4 is 11.1 Å². The Bertz CT molecular complexity index is 503. The Kier molecular flexibility index (Phi) is 3.64. The van der Waals surface area contributed by atoms with E-state index in [9.17, 15) is 9.59 Å². The van der Waals surface area contributed by atoms with Crippen LogP contribution in [-0.2, 0) is 4.79 Å². The maximum absolute atomic E-state index is 12.0. The van der Waals surface area contributed by atoms with Gasteiger partial charge in [-0.1, -0.05) is 0 Å². The molecule has 1 fully saturated rings. The van der Waals surface area contributed by atoms with Crippen molar-refractivity contribution in [2.24, 2.45) is 0 Å². The number of rotatable bonds is 3. The molecule has 19 heavy (non-hydrogen) atoms. The van der Waals surface area contributed by atoms with Crippen molar-refractivity contribution in [3.63, 3.8) is 0 Å². The first kappa shape index (κ1) is 13.3. The maximum atomic E-state index is 12.0. The van der Waals surface area contributed by atoms with Crippen molar-refractivity contribution in [3.8, 4) is 0 Å². The number of carbonyl (C=O) groups excluding carboxylic acids is 2. The third-order valence-corrected chi connectivity index (χ3v) is 3.11. The molecule has 0 radical (unpaired) electrons. The second kappa shape index (κ2) is 5.21. The highest BCUT2D eigenvalue weighted by Gasteiger charge is 2.34. The zero-order chi connectivity index (χ0) is 14.0. The minimum absolute atomic E-state index is 0.0540. The first-order chi connectivity index (χ1) is 9.00. The fourth-order valence-electron chi connectivity index (χ4n) is 2.10. The van der Waals surface area contributed by atoms with Crippen LogP contribution in [0, 0.1) is 0 Å². The van der Waals surface area contributed by atoms with E-state index in [0.717, 1.165) is 0 Å². The quantitative estimate of drug-likeness (QED) is 0.786. The van der Waals surface area contributed by atoms with Crippen LogP contribution in [0.3, 0.4) is 0 Å². The number of hydrogen-bond acceptors (Lipinski definition) is 5. The Morgan fingerprint density at radius 2 is 2.16 bits per heavy atom. The zero-order valence-corrected chi connectivity index (χ0v) is 11.0. The highest BCUT2D eigenvalue weighted by Crippen LogP contribution is 2.15. The molecule has 1 aliphatic heterocycles. The van der Waals surface area contributed by atoms with Gasteiger partial charge >= 0.3 is 0 Å². The molecule has 3 N–H and O–H groups in total. The van der Waals surface area contributed by atoms with Gasteiger partial charge in [-0.2, -0.15) is 0 Å². The second-order valence-electron chi connectivity index (χ2n) is 4.73. The van der Waals surface area contributed by atoms with E-state index in [2.05, 4.69) is 15.3 Å². The monoisotopic (exact) mass is 263 g/mol. The van der Waals surface area contributed by atoms with Crippen molar-refractivity contribution in [1.29, 1.82) is 0 Å². The summed E-state index contributed by atoms with van der Waals surface area (Å²) < 4.78 is 0. The first-order valence-electron chi connectivity index (χ1n) is 6.18. The Hall–Kier alpha value is -2.18. The molecule has 2 amide bonds. The third kappa shape index (κ3) is 2.64. The largest absolute Gasteiger partial charge is 0.382 e. The number of amides is 2. The Balaban J connectivity index is 2.05. The van der Waals surface area contributed by atoms with Crippen LogP contribution in [0.1, 0.15) is 30.8 Å². The number of anilines is 1. The minimum Gasteiger partial charge on any atom is -0.382 e. The fourth-order valence-corrected chi connectivity index (χ4v) is 2.10. The van der Waals surface area contributed by atoms with Gasteiger partial charge in [-0.3, -0.25) is 9.59 Å². The Labute approximate surface area is 111 Å². The number of nitrogen functional groups attached to an aromatic ring is 1. The topological polar surface area (TPSA) is 101 Å². The van der Waals surface area contributed by atoms with Crippen LogP contribution in [0.4, 0.5) is 5.82 Å². The summed E-state index contributed by atoms with van der Waals surface area (Å²) in [6.07, 6.45) is 3.40. The van der Waals surface area contributed by atoms with Crippen LogP contribution in [-0.4, -0.2) is 45.3 Å². The fraction of sp³-hybridized carbons (Fsp3) is 0.500. The van der Waals surface area contributed by atoms with Gasteiger partial charge in [0.05, 0.1) is 0 Å². The van der Waals surface area contributed by atoms with Crippen LogP contribution in [0.15, 0.2) is 12.4 Å². The number of nitrogens with two attached hydrogens (primary N) is 1. The van der Waals surface area contributed by atoms with Crippen molar-refractivity contribution in [2.45, 2.75) is 32.4 Å². The van der Waals surface area contributed by atoms with Gasteiger partial charge in [-0.05, 0) is 20.3 Å². The van der Waals surface area contributed by atoms with Crippen LogP contribution in [0.2, 0.25) is 0 Å². The van der Waals surface area contributed by atoms with Crippen molar-refractivity contribution >= 4 is 17.6 Å². The molecule has 1 aromatic heterocycles. The van der Waals surface area contributed by atoms with Crippen LogP contribution in [0.5, 0.6) is 0 Å². The molecule has 0 aliphatic carbocycles. The van der Waals surface area contributed by atoms with Gasteiger partial charge in [-0.15, -0.1) is 0 Å².